The lowest BCUT2D eigenvalue weighted by Gasteiger charge is -2.22. The Bertz CT molecular complexity index is 392. The second kappa shape index (κ2) is 7.43. The number of ether oxygens (including phenoxy) is 1. The summed E-state index contributed by atoms with van der Waals surface area (Å²) in [6.07, 6.45) is 7.26. The molecule has 0 amide bonds. The number of nitrogens with one attached hydrogen (secondary N) is 1. The van der Waals surface area contributed by atoms with Crippen LogP contribution in [0.15, 0.2) is 18.2 Å². The fraction of sp³-hybridized carbons (Fsp3) is 0.600. The van der Waals surface area contributed by atoms with Gasteiger partial charge in [0, 0.05) is 6.04 Å². The van der Waals surface area contributed by atoms with Crippen LogP contribution in [0.25, 0.3) is 0 Å². The van der Waals surface area contributed by atoms with Crippen molar-refractivity contribution >= 4 is 0 Å². The van der Waals surface area contributed by atoms with Gasteiger partial charge in [0.25, 0.3) is 0 Å². The summed E-state index contributed by atoms with van der Waals surface area (Å²) in [5.74, 6) is -1.77. The van der Waals surface area contributed by atoms with E-state index in [1.54, 1.807) is 0 Å². The standard InChI is InChI=1S/C15H21F2NO/c16-13-8-4-9-14(15(13)17)19-11-5-10-18-12-6-2-1-3-7-12/h4,8-9,12,18H,1-3,5-7,10-11H2. The van der Waals surface area contributed by atoms with Crippen LogP contribution < -0.4 is 10.1 Å². The van der Waals surface area contributed by atoms with Crippen LogP contribution in [-0.4, -0.2) is 19.2 Å². The van der Waals surface area contributed by atoms with Gasteiger partial charge >= 0.3 is 0 Å². The molecule has 0 radical (unpaired) electrons. The molecule has 1 fully saturated rings. The molecule has 1 N–H and O–H groups in total. The molecule has 0 saturated heterocycles. The van der Waals surface area contributed by atoms with E-state index in [0.29, 0.717) is 12.6 Å². The molecule has 0 aliphatic heterocycles. The van der Waals surface area contributed by atoms with Gasteiger partial charge < -0.3 is 10.1 Å². The van der Waals surface area contributed by atoms with E-state index in [2.05, 4.69) is 5.32 Å². The zero-order valence-corrected chi connectivity index (χ0v) is 11.1. The van der Waals surface area contributed by atoms with Gasteiger partial charge in [-0.2, -0.15) is 4.39 Å². The first kappa shape index (κ1) is 14.3. The molecular weight excluding hydrogens is 248 g/mol. The molecule has 0 unspecified atom stereocenters. The Balaban J connectivity index is 1.62. The number of hydrogen-bond acceptors (Lipinski definition) is 2. The maximum absolute atomic E-state index is 13.3. The van der Waals surface area contributed by atoms with Crippen molar-refractivity contribution in [3.63, 3.8) is 0 Å². The van der Waals surface area contributed by atoms with E-state index in [0.717, 1.165) is 19.0 Å². The first-order valence-electron chi connectivity index (χ1n) is 7.07. The van der Waals surface area contributed by atoms with Gasteiger partial charge in [0.2, 0.25) is 5.82 Å². The normalized spacial score (nSPS) is 16.5. The molecule has 4 heteroatoms. The lowest BCUT2D eigenvalue weighted by molar-refractivity contribution is 0.280. The summed E-state index contributed by atoms with van der Waals surface area (Å²) in [5.41, 5.74) is 0. The molecule has 1 aromatic rings. The zero-order valence-electron chi connectivity index (χ0n) is 11.1. The van der Waals surface area contributed by atoms with Crippen molar-refractivity contribution in [1.82, 2.24) is 5.32 Å². The smallest absolute Gasteiger partial charge is 0.200 e. The maximum Gasteiger partial charge on any atom is 0.200 e. The lowest BCUT2D eigenvalue weighted by atomic mass is 9.95. The van der Waals surface area contributed by atoms with Gasteiger partial charge in [-0.3, -0.25) is 0 Å². The molecule has 0 heterocycles. The van der Waals surface area contributed by atoms with Gasteiger partial charge in [0.05, 0.1) is 6.61 Å². The van der Waals surface area contributed by atoms with Crippen LogP contribution in [0.2, 0.25) is 0 Å². The topological polar surface area (TPSA) is 21.3 Å². The minimum absolute atomic E-state index is 0.00216. The van der Waals surface area contributed by atoms with Gasteiger partial charge in [-0.25, -0.2) is 4.39 Å². The molecule has 1 aromatic carbocycles. The van der Waals surface area contributed by atoms with Gasteiger partial charge in [0.15, 0.2) is 11.6 Å². The van der Waals surface area contributed by atoms with Crippen molar-refractivity contribution < 1.29 is 13.5 Å². The summed E-state index contributed by atoms with van der Waals surface area (Å²) in [6.45, 7) is 1.27. The van der Waals surface area contributed by atoms with Crippen molar-refractivity contribution in [2.75, 3.05) is 13.2 Å². The third kappa shape index (κ3) is 4.46. The third-order valence-corrected chi connectivity index (χ3v) is 3.53. The van der Waals surface area contributed by atoms with Gasteiger partial charge in [-0.05, 0) is 37.9 Å². The van der Waals surface area contributed by atoms with E-state index < -0.39 is 11.6 Å². The predicted octanol–water partition coefficient (Wildman–Crippen LogP) is 3.66. The molecule has 106 valence electrons. The zero-order chi connectivity index (χ0) is 13.5. The highest BCUT2D eigenvalue weighted by atomic mass is 19.2. The number of rotatable bonds is 6. The Morgan fingerprint density at radius 1 is 1.16 bits per heavy atom. The Labute approximate surface area is 113 Å². The van der Waals surface area contributed by atoms with Crippen molar-refractivity contribution in [3.05, 3.63) is 29.8 Å². The molecule has 1 saturated carbocycles. The van der Waals surface area contributed by atoms with Crippen molar-refractivity contribution in [3.8, 4) is 5.75 Å². The van der Waals surface area contributed by atoms with Crippen LogP contribution in [0.3, 0.4) is 0 Å². The van der Waals surface area contributed by atoms with E-state index in [4.69, 9.17) is 4.74 Å². The van der Waals surface area contributed by atoms with Crippen LogP contribution in [0.1, 0.15) is 38.5 Å². The van der Waals surface area contributed by atoms with Gasteiger partial charge in [-0.1, -0.05) is 25.3 Å². The van der Waals surface area contributed by atoms with Crippen LogP contribution >= 0.6 is 0 Å². The SMILES string of the molecule is Fc1cccc(OCCCNC2CCCCC2)c1F. The summed E-state index contributed by atoms with van der Waals surface area (Å²) in [6, 6.07) is 4.62. The quantitative estimate of drug-likeness (QED) is 0.796. The Morgan fingerprint density at radius 2 is 1.95 bits per heavy atom. The average molecular weight is 269 g/mol. The molecule has 1 aliphatic carbocycles. The van der Waals surface area contributed by atoms with Crippen molar-refractivity contribution in [2.24, 2.45) is 0 Å². The third-order valence-electron chi connectivity index (χ3n) is 3.53. The molecule has 19 heavy (non-hydrogen) atoms. The van der Waals surface area contributed by atoms with E-state index >= 15 is 0 Å². The minimum atomic E-state index is -0.900. The van der Waals surface area contributed by atoms with E-state index in [1.165, 1.54) is 44.2 Å². The minimum Gasteiger partial charge on any atom is -0.490 e. The van der Waals surface area contributed by atoms with Gasteiger partial charge in [0.1, 0.15) is 0 Å². The van der Waals surface area contributed by atoms with Crippen LogP contribution in [0.5, 0.6) is 5.75 Å². The number of benzene rings is 1. The van der Waals surface area contributed by atoms with Crippen LogP contribution in [0, 0.1) is 11.6 Å². The largest absolute Gasteiger partial charge is 0.490 e. The summed E-state index contributed by atoms with van der Waals surface area (Å²) < 4.78 is 31.5. The summed E-state index contributed by atoms with van der Waals surface area (Å²) in [7, 11) is 0. The van der Waals surface area contributed by atoms with E-state index in [9.17, 15) is 8.78 Å². The Morgan fingerprint density at radius 3 is 2.74 bits per heavy atom. The van der Waals surface area contributed by atoms with E-state index in [-0.39, 0.29) is 5.75 Å². The molecule has 2 nitrogen and oxygen atoms in total. The van der Waals surface area contributed by atoms with Crippen LogP contribution in [0.4, 0.5) is 8.78 Å². The van der Waals surface area contributed by atoms with Crippen LogP contribution in [-0.2, 0) is 0 Å². The Kier molecular flexibility index (Phi) is 5.58. The average Bonchev–Trinajstić information content (AvgIpc) is 2.44. The first-order valence-corrected chi connectivity index (χ1v) is 7.07. The highest BCUT2D eigenvalue weighted by Gasteiger charge is 2.12. The molecular formula is C15H21F2NO. The second-order valence-corrected chi connectivity index (χ2v) is 5.04. The maximum atomic E-state index is 13.3. The lowest BCUT2D eigenvalue weighted by Crippen LogP contribution is -2.32. The summed E-state index contributed by atoms with van der Waals surface area (Å²) in [4.78, 5) is 0. The van der Waals surface area contributed by atoms with Gasteiger partial charge in [-0.15, -0.1) is 0 Å². The molecule has 1 aliphatic rings. The van der Waals surface area contributed by atoms with Crippen molar-refractivity contribution in [2.45, 2.75) is 44.6 Å². The molecule has 0 spiro atoms. The fourth-order valence-electron chi connectivity index (χ4n) is 2.46. The number of halogens is 2. The summed E-state index contributed by atoms with van der Waals surface area (Å²) in [5, 5.41) is 3.49. The second-order valence-electron chi connectivity index (χ2n) is 5.04. The number of hydrogen-bond donors (Lipinski definition) is 1. The highest BCUT2D eigenvalue weighted by Crippen LogP contribution is 2.19. The monoisotopic (exact) mass is 269 g/mol. The highest BCUT2D eigenvalue weighted by molar-refractivity contribution is 5.24. The first-order chi connectivity index (χ1) is 9.27. The van der Waals surface area contributed by atoms with E-state index in [1.807, 2.05) is 0 Å². The molecule has 2 rings (SSSR count). The molecule has 0 atom stereocenters. The Hall–Kier alpha value is -1.16. The predicted molar refractivity (Wildman–Crippen MR) is 71.3 cm³/mol. The molecule has 0 aromatic heterocycles. The molecule has 0 bridgehead atoms. The fourth-order valence-corrected chi connectivity index (χ4v) is 2.46. The van der Waals surface area contributed by atoms with Crippen molar-refractivity contribution in [1.29, 1.82) is 0 Å². The summed E-state index contributed by atoms with van der Waals surface area (Å²) >= 11 is 0.